The van der Waals surface area contributed by atoms with Gasteiger partial charge in [0.15, 0.2) is 0 Å². The Labute approximate surface area is 101 Å². The minimum Gasteiger partial charge on any atom is -0.480 e. The van der Waals surface area contributed by atoms with Gasteiger partial charge in [0.1, 0.15) is 17.7 Å². The lowest BCUT2D eigenvalue weighted by Crippen LogP contribution is -2.31. The molecule has 2 N–H and O–H groups in total. The van der Waals surface area contributed by atoms with Gasteiger partial charge in [-0.15, -0.1) is 0 Å². The second-order valence-corrected chi connectivity index (χ2v) is 3.35. The van der Waals surface area contributed by atoms with Gasteiger partial charge in [0, 0.05) is 29.6 Å². The first-order valence-electron chi connectivity index (χ1n) is 4.98. The summed E-state index contributed by atoms with van der Waals surface area (Å²) >= 11 is 0. The zero-order valence-corrected chi connectivity index (χ0v) is 9.18. The Balaban J connectivity index is 2.84. The van der Waals surface area contributed by atoms with Gasteiger partial charge in [-0.05, 0) is 11.6 Å². The van der Waals surface area contributed by atoms with Crippen molar-refractivity contribution in [3.63, 3.8) is 0 Å². The molecule has 96 valence electrons. The lowest BCUT2D eigenvalue weighted by molar-refractivity contribution is -0.139. The Hall–Kier alpha value is -2.18. The van der Waals surface area contributed by atoms with Crippen molar-refractivity contribution in [2.75, 3.05) is 13.1 Å². The van der Waals surface area contributed by atoms with E-state index in [-0.39, 0.29) is 18.7 Å². The van der Waals surface area contributed by atoms with Crippen molar-refractivity contribution >= 4 is 5.97 Å². The summed E-state index contributed by atoms with van der Waals surface area (Å²) in [5.41, 5.74) is 7.87. The van der Waals surface area contributed by atoms with Crippen LogP contribution in [0.15, 0.2) is 23.3 Å². The summed E-state index contributed by atoms with van der Waals surface area (Å²) in [5, 5.41) is 14.7. The van der Waals surface area contributed by atoms with Crippen LogP contribution in [0.3, 0.4) is 0 Å². The number of nitrogens with one attached hydrogen (secondary N) is 1. The van der Waals surface area contributed by atoms with Gasteiger partial charge in [-0.25, -0.2) is 8.78 Å². The largest absolute Gasteiger partial charge is 0.480 e. The summed E-state index contributed by atoms with van der Waals surface area (Å²) in [5.74, 6) is -3.03. The normalized spacial score (nSPS) is 11.7. The number of benzene rings is 1. The summed E-state index contributed by atoms with van der Waals surface area (Å²) in [7, 11) is 0. The Morgan fingerprint density at radius 3 is 2.83 bits per heavy atom. The van der Waals surface area contributed by atoms with Gasteiger partial charge in [-0.3, -0.25) is 4.79 Å². The molecule has 0 heterocycles. The van der Waals surface area contributed by atoms with E-state index in [4.69, 9.17) is 10.6 Å². The summed E-state index contributed by atoms with van der Waals surface area (Å²) in [6.45, 7) is 0.0982. The first kappa shape index (κ1) is 13.9. The van der Waals surface area contributed by atoms with Gasteiger partial charge in [0.05, 0.1) is 0 Å². The third-order valence-electron chi connectivity index (χ3n) is 2.14. The molecule has 1 aromatic rings. The molecule has 0 fully saturated rings. The molecule has 1 aromatic carbocycles. The molecule has 0 saturated heterocycles. The van der Waals surface area contributed by atoms with Crippen LogP contribution in [0, 0.1) is 11.6 Å². The van der Waals surface area contributed by atoms with Gasteiger partial charge in [-0.1, -0.05) is 11.2 Å². The maximum atomic E-state index is 13.4. The highest BCUT2D eigenvalue weighted by atomic mass is 19.1. The van der Waals surface area contributed by atoms with Gasteiger partial charge >= 0.3 is 5.97 Å². The summed E-state index contributed by atoms with van der Waals surface area (Å²) in [6, 6.07) is 1.33. The average molecular weight is 256 g/mol. The fourth-order valence-corrected chi connectivity index (χ4v) is 1.37. The molecular weight excluding hydrogens is 246 g/mol. The molecule has 6 nitrogen and oxygen atoms in total. The number of rotatable bonds is 6. The molecule has 0 bridgehead atoms. The van der Waals surface area contributed by atoms with Crippen molar-refractivity contribution in [1.82, 2.24) is 5.32 Å². The Morgan fingerprint density at radius 2 is 2.28 bits per heavy atom. The van der Waals surface area contributed by atoms with Crippen LogP contribution in [0.2, 0.25) is 0 Å². The molecule has 18 heavy (non-hydrogen) atoms. The maximum Gasteiger partial charge on any atom is 0.325 e. The van der Waals surface area contributed by atoms with Crippen molar-refractivity contribution < 1.29 is 18.7 Å². The first-order valence-corrected chi connectivity index (χ1v) is 4.98. The Morgan fingerprint density at radius 1 is 1.56 bits per heavy atom. The van der Waals surface area contributed by atoms with Crippen LogP contribution in [-0.4, -0.2) is 24.2 Å². The van der Waals surface area contributed by atoms with Crippen molar-refractivity contribution in [1.29, 1.82) is 0 Å². The number of hydrogen-bond acceptors (Lipinski definition) is 3. The highest BCUT2D eigenvalue weighted by Gasteiger charge is 2.22. The van der Waals surface area contributed by atoms with E-state index in [2.05, 4.69) is 15.3 Å². The molecule has 0 radical (unpaired) electrons. The summed E-state index contributed by atoms with van der Waals surface area (Å²) < 4.78 is 26.1. The van der Waals surface area contributed by atoms with Crippen LogP contribution in [0.5, 0.6) is 0 Å². The number of hydrogen-bond donors (Lipinski definition) is 2. The third-order valence-corrected chi connectivity index (χ3v) is 2.14. The number of azide groups is 1. The van der Waals surface area contributed by atoms with Gasteiger partial charge < -0.3 is 10.4 Å². The lowest BCUT2D eigenvalue weighted by atomic mass is 10.1. The second kappa shape index (κ2) is 6.53. The number of carboxylic acids is 1. The standard InChI is InChI=1S/C10H10F2N4O2/c11-6-1-2-7(8(12)5-6)9(10(17)18)14-3-4-15-16-13/h1-2,5,9,14H,3-4H2,(H,17,18). The molecule has 0 aliphatic rings. The van der Waals surface area contributed by atoms with Crippen LogP contribution < -0.4 is 5.32 Å². The van der Waals surface area contributed by atoms with E-state index < -0.39 is 23.6 Å². The zero-order chi connectivity index (χ0) is 13.5. The molecular formula is C10H10F2N4O2. The number of carboxylic acid groups (broad SMARTS) is 1. The molecule has 0 saturated carbocycles. The highest BCUT2D eigenvalue weighted by Crippen LogP contribution is 2.18. The van der Waals surface area contributed by atoms with Gasteiger partial charge in [-0.2, -0.15) is 0 Å². The number of aliphatic carboxylic acids is 1. The molecule has 1 unspecified atom stereocenters. The molecule has 0 aliphatic heterocycles. The molecule has 8 heteroatoms. The zero-order valence-electron chi connectivity index (χ0n) is 9.18. The number of halogens is 2. The minimum absolute atomic E-state index is 0.0308. The Kier molecular flexibility index (Phi) is 5.04. The predicted molar refractivity (Wildman–Crippen MR) is 58.8 cm³/mol. The molecule has 1 rings (SSSR count). The minimum atomic E-state index is -1.32. The molecule has 0 aliphatic carbocycles. The Bertz CT molecular complexity index is 489. The molecule has 0 aromatic heterocycles. The second-order valence-electron chi connectivity index (χ2n) is 3.35. The average Bonchev–Trinajstić information content (AvgIpc) is 2.30. The fourth-order valence-electron chi connectivity index (χ4n) is 1.37. The predicted octanol–water partition coefficient (Wildman–Crippen LogP) is 1.99. The van der Waals surface area contributed by atoms with Gasteiger partial charge in [0.25, 0.3) is 0 Å². The van der Waals surface area contributed by atoms with E-state index in [1.54, 1.807) is 0 Å². The highest BCUT2D eigenvalue weighted by molar-refractivity contribution is 5.75. The summed E-state index contributed by atoms with van der Waals surface area (Å²) in [6.07, 6.45) is 0. The SMILES string of the molecule is [N-]=[N+]=NCCNC(C(=O)O)c1ccc(F)cc1F. The third kappa shape index (κ3) is 3.69. The lowest BCUT2D eigenvalue weighted by Gasteiger charge is -2.14. The summed E-state index contributed by atoms with van der Waals surface area (Å²) in [4.78, 5) is 13.5. The first-order chi connectivity index (χ1) is 8.56. The quantitative estimate of drug-likeness (QED) is 0.352. The smallest absolute Gasteiger partial charge is 0.325 e. The molecule has 1 atom stereocenters. The monoisotopic (exact) mass is 256 g/mol. The number of nitrogens with zero attached hydrogens (tertiary/aromatic N) is 3. The van der Waals surface area contributed by atoms with E-state index >= 15 is 0 Å². The van der Waals surface area contributed by atoms with Crippen LogP contribution in [0.4, 0.5) is 8.78 Å². The van der Waals surface area contributed by atoms with E-state index in [1.807, 2.05) is 0 Å². The molecule has 0 spiro atoms. The van der Waals surface area contributed by atoms with Crippen LogP contribution in [0.25, 0.3) is 10.4 Å². The van der Waals surface area contributed by atoms with E-state index in [0.717, 1.165) is 12.1 Å². The topological polar surface area (TPSA) is 98.1 Å². The van der Waals surface area contributed by atoms with Crippen LogP contribution >= 0.6 is 0 Å². The van der Waals surface area contributed by atoms with E-state index in [9.17, 15) is 13.6 Å². The van der Waals surface area contributed by atoms with E-state index in [1.165, 1.54) is 0 Å². The van der Waals surface area contributed by atoms with Crippen molar-refractivity contribution in [2.24, 2.45) is 5.11 Å². The van der Waals surface area contributed by atoms with Crippen molar-refractivity contribution in [3.8, 4) is 0 Å². The van der Waals surface area contributed by atoms with E-state index in [0.29, 0.717) is 6.07 Å². The van der Waals surface area contributed by atoms with Crippen LogP contribution in [-0.2, 0) is 4.79 Å². The van der Waals surface area contributed by atoms with Crippen molar-refractivity contribution in [3.05, 3.63) is 45.8 Å². The molecule has 0 amide bonds. The van der Waals surface area contributed by atoms with Crippen molar-refractivity contribution in [2.45, 2.75) is 6.04 Å². The maximum absolute atomic E-state index is 13.4. The fraction of sp³-hybridized carbons (Fsp3) is 0.300. The number of carbonyl (C=O) groups is 1. The van der Waals surface area contributed by atoms with Gasteiger partial charge in [0.2, 0.25) is 0 Å². The van der Waals surface area contributed by atoms with Crippen LogP contribution in [0.1, 0.15) is 11.6 Å².